The molecule has 3 aromatic heterocycles. The van der Waals surface area contributed by atoms with Crippen LogP contribution >= 0.6 is 0 Å². The molecule has 0 radical (unpaired) electrons. The third-order valence-electron chi connectivity index (χ3n) is 4.77. The van der Waals surface area contributed by atoms with Crippen molar-refractivity contribution >= 4 is 17.4 Å². The van der Waals surface area contributed by atoms with Gasteiger partial charge in [0, 0.05) is 18.7 Å². The fourth-order valence-electron chi connectivity index (χ4n) is 3.01. The van der Waals surface area contributed by atoms with E-state index in [1.54, 1.807) is 23.0 Å². The number of rotatable bonds is 6. The topological polar surface area (TPSA) is 103 Å². The van der Waals surface area contributed by atoms with Crippen LogP contribution in [0.2, 0.25) is 0 Å². The minimum absolute atomic E-state index is 0.137. The summed E-state index contributed by atoms with van der Waals surface area (Å²) in [4.78, 5) is 28.2. The van der Waals surface area contributed by atoms with Gasteiger partial charge in [-0.1, -0.05) is 12.1 Å². The molecule has 0 saturated heterocycles. The van der Waals surface area contributed by atoms with Gasteiger partial charge in [0.25, 0.3) is 5.91 Å². The molecule has 30 heavy (non-hydrogen) atoms. The molecule has 1 amide bonds. The van der Waals surface area contributed by atoms with E-state index in [4.69, 9.17) is 8.83 Å². The molecule has 1 aromatic carbocycles. The lowest BCUT2D eigenvalue weighted by atomic mass is 10.0. The van der Waals surface area contributed by atoms with E-state index in [0.29, 0.717) is 29.5 Å². The second kappa shape index (κ2) is 7.82. The Hall–Kier alpha value is -3.94. The zero-order valence-electron chi connectivity index (χ0n) is 16.8. The molecular formula is C22H20N4O4. The number of amides is 1. The summed E-state index contributed by atoms with van der Waals surface area (Å²) in [7, 11) is 0. The van der Waals surface area contributed by atoms with E-state index in [0.717, 1.165) is 16.7 Å². The first kappa shape index (κ1) is 19.4. The van der Waals surface area contributed by atoms with Gasteiger partial charge in [-0.15, -0.1) is 0 Å². The maximum absolute atomic E-state index is 12.7. The first-order valence-electron chi connectivity index (χ1n) is 9.35. The maximum Gasteiger partial charge on any atom is 0.278 e. The highest BCUT2D eigenvalue weighted by atomic mass is 16.3. The van der Waals surface area contributed by atoms with Crippen LogP contribution in [0.1, 0.15) is 44.9 Å². The summed E-state index contributed by atoms with van der Waals surface area (Å²) in [5, 5.41) is 7.00. The Kier molecular flexibility index (Phi) is 5.05. The molecule has 0 unspecified atom stereocenters. The van der Waals surface area contributed by atoms with Crippen LogP contribution in [-0.2, 0) is 6.54 Å². The summed E-state index contributed by atoms with van der Waals surface area (Å²) in [6, 6.07) is 9.19. The molecule has 8 heteroatoms. The van der Waals surface area contributed by atoms with E-state index in [-0.39, 0.29) is 11.5 Å². The number of nitrogens with zero attached hydrogens (tertiary/aromatic N) is 3. The van der Waals surface area contributed by atoms with Crippen molar-refractivity contribution in [1.82, 2.24) is 14.8 Å². The van der Waals surface area contributed by atoms with Gasteiger partial charge in [-0.05, 0) is 43.2 Å². The molecule has 0 atom stereocenters. The quantitative estimate of drug-likeness (QED) is 0.482. The lowest BCUT2D eigenvalue weighted by molar-refractivity contribution is 0.0983. The summed E-state index contributed by atoms with van der Waals surface area (Å²) in [5.74, 6) is 0.774. The summed E-state index contributed by atoms with van der Waals surface area (Å²) in [5.41, 5.74) is 3.75. The number of aromatic nitrogens is 3. The Morgan fingerprint density at radius 2 is 1.97 bits per heavy atom. The number of ketones is 1. The monoisotopic (exact) mass is 404 g/mol. The maximum atomic E-state index is 12.7. The summed E-state index contributed by atoms with van der Waals surface area (Å²) in [6.45, 7) is 5.80. The molecule has 3 heterocycles. The van der Waals surface area contributed by atoms with Crippen LogP contribution in [0.15, 0.2) is 58.0 Å². The molecule has 0 bridgehead atoms. The van der Waals surface area contributed by atoms with Gasteiger partial charge in [0.15, 0.2) is 29.4 Å². The van der Waals surface area contributed by atoms with Crippen LogP contribution in [0.5, 0.6) is 0 Å². The van der Waals surface area contributed by atoms with Crippen molar-refractivity contribution in [2.75, 3.05) is 5.32 Å². The van der Waals surface area contributed by atoms with E-state index < -0.39 is 5.91 Å². The van der Waals surface area contributed by atoms with Gasteiger partial charge in [-0.2, -0.15) is 5.10 Å². The molecule has 4 aromatic rings. The lowest BCUT2D eigenvalue weighted by Crippen LogP contribution is -2.13. The molecule has 0 spiro atoms. The van der Waals surface area contributed by atoms with E-state index in [1.165, 1.54) is 19.5 Å². The molecular weight excluding hydrogens is 384 g/mol. The van der Waals surface area contributed by atoms with Crippen LogP contribution < -0.4 is 5.32 Å². The smallest absolute Gasteiger partial charge is 0.278 e. The molecule has 0 fully saturated rings. The molecule has 0 saturated carbocycles. The van der Waals surface area contributed by atoms with Gasteiger partial charge in [-0.25, -0.2) is 4.98 Å². The molecule has 4 rings (SSSR count). The van der Waals surface area contributed by atoms with Crippen molar-refractivity contribution in [3.63, 3.8) is 0 Å². The van der Waals surface area contributed by atoms with Crippen LogP contribution in [0.25, 0.3) is 11.3 Å². The number of furan rings is 1. The van der Waals surface area contributed by atoms with Gasteiger partial charge in [-0.3, -0.25) is 14.3 Å². The zero-order valence-corrected chi connectivity index (χ0v) is 16.8. The number of hydrogen-bond donors (Lipinski definition) is 1. The Balaban J connectivity index is 1.48. The fraction of sp³-hybridized carbons (Fsp3) is 0.182. The highest BCUT2D eigenvalue weighted by Gasteiger charge is 2.19. The summed E-state index contributed by atoms with van der Waals surface area (Å²) < 4.78 is 12.5. The SMILES string of the molecule is CC(=O)c1ccc(Cn2cc(NC(=O)c3ncoc3-c3ccc(C)c(C)c3)cn2)o1. The molecule has 0 aliphatic rings. The Labute approximate surface area is 172 Å². The van der Waals surface area contributed by atoms with Crippen LogP contribution in [-0.4, -0.2) is 26.5 Å². The average Bonchev–Trinajstić information content (AvgIpc) is 3.45. The van der Waals surface area contributed by atoms with Crippen molar-refractivity contribution in [1.29, 1.82) is 0 Å². The van der Waals surface area contributed by atoms with Gasteiger partial charge in [0.2, 0.25) is 0 Å². The van der Waals surface area contributed by atoms with Crippen molar-refractivity contribution in [2.45, 2.75) is 27.3 Å². The molecule has 0 aliphatic heterocycles. The van der Waals surface area contributed by atoms with Crippen LogP contribution in [0.3, 0.4) is 0 Å². The van der Waals surface area contributed by atoms with E-state index in [1.807, 2.05) is 32.0 Å². The molecule has 0 aliphatic carbocycles. The Morgan fingerprint density at radius 3 is 2.70 bits per heavy atom. The van der Waals surface area contributed by atoms with Gasteiger partial charge < -0.3 is 14.2 Å². The average molecular weight is 404 g/mol. The van der Waals surface area contributed by atoms with E-state index >= 15 is 0 Å². The highest BCUT2D eigenvalue weighted by Crippen LogP contribution is 2.26. The number of hydrogen-bond acceptors (Lipinski definition) is 6. The predicted octanol–water partition coefficient (Wildman–Crippen LogP) is 4.25. The van der Waals surface area contributed by atoms with Crippen LogP contribution in [0.4, 0.5) is 5.69 Å². The van der Waals surface area contributed by atoms with Gasteiger partial charge in [0.1, 0.15) is 5.76 Å². The van der Waals surface area contributed by atoms with E-state index in [2.05, 4.69) is 15.4 Å². The van der Waals surface area contributed by atoms with Crippen molar-refractivity contribution < 1.29 is 18.4 Å². The second-order valence-corrected chi connectivity index (χ2v) is 7.03. The third-order valence-corrected chi connectivity index (χ3v) is 4.77. The number of anilines is 1. The molecule has 8 nitrogen and oxygen atoms in total. The standard InChI is InChI=1S/C22H20N4O4/c1-13-4-5-16(8-14(13)2)21-20(23-12-29-21)22(28)25-17-9-24-26(10-17)11-18-6-7-19(30-18)15(3)27/h4-10,12H,11H2,1-3H3,(H,25,28). The first-order chi connectivity index (χ1) is 14.4. The van der Waals surface area contributed by atoms with E-state index in [9.17, 15) is 9.59 Å². The summed E-state index contributed by atoms with van der Waals surface area (Å²) in [6.07, 6.45) is 4.46. The number of oxazole rings is 1. The number of carbonyl (C=O) groups is 2. The Morgan fingerprint density at radius 1 is 1.13 bits per heavy atom. The fourth-order valence-corrected chi connectivity index (χ4v) is 3.01. The number of carbonyl (C=O) groups excluding carboxylic acids is 2. The number of nitrogens with one attached hydrogen (secondary N) is 1. The number of Topliss-reactive ketones (excluding diaryl/α,β-unsaturated/α-hetero) is 1. The van der Waals surface area contributed by atoms with Crippen molar-refractivity contribution in [3.05, 3.63) is 77.5 Å². The second-order valence-electron chi connectivity index (χ2n) is 7.03. The number of benzene rings is 1. The number of aryl methyl sites for hydroxylation is 2. The lowest BCUT2D eigenvalue weighted by Gasteiger charge is -2.05. The van der Waals surface area contributed by atoms with Crippen molar-refractivity contribution in [2.24, 2.45) is 0 Å². The first-order valence-corrected chi connectivity index (χ1v) is 9.35. The van der Waals surface area contributed by atoms with Gasteiger partial charge in [0.05, 0.1) is 18.4 Å². The van der Waals surface area contributed by atoms with Gasteiger partial charge >= 0.3 is 0 Å². The minimum atomic E-state index is -0.395. The zero-order chi connectivity index (χ0) is 21.3. The normalized spacial score (nSPS) is 10.9. The Bertz CT molecular complexity index is 1230. The molecule has 1 N–H and O–H groups in total. The predicted molar refractivity (Wildman–Crippen MR) is 109 cm³/mol. The summed E-state index contributed by atoms with van der Waals surface area (Å²) >= 11 is 0. The van der Waals surface area contributed by atoms with Crippen LogP contribution in [0, 0.1) is 13.8 Å². The minimum Gasteiger partial charge on any atom is -0.456 e. The molecule has 152 valence electrons. The largest absolute Gasteiger partial charge is 0.456 e. The van der Waals surface area contributed by atoms with Crippen molar-refractivity contribution in [3.8, 4) is 11.3 Å². The third kappa shape index (κ3) is 3.93. The highest BCUT2D eigenvalue weighted by molar-refractivity contribution is 6.06.